The number of rotatable bonds is 5. The van der Waals surface area contributed by atoms with Gasteiger partial charge in [-0.2, -0.15) is 0 Å². The van der Waals surface area contributed by atoms with E-state index in [9.17, 15) is 10.0 Å². The zero-order chi connectivity index (χ0) is 22.9. The molecule has 3 N–H and O–H groups in total. The molecule has 0 fully saturated rings. The van der Waals surface area contributed by atoms with Gasteiger partial charge in [0.15, 0.2) is 0 Å². The van der Waals surface area contributed by atoms with Crippen molar-refractivity contribution < 1.29 is 10.0 Å². The molecular formula is C29H26N2O2. The summed E-state index contributed by atoms with van der Waals surface area (Å²) >= 11 is 0. The Bertz CT molecular complexity index is 1420. The molecule has 5 rings (SSSR count). The highest BCUT2D eigenvalue weighted by atomic mass is 16.5. The Labute approximate surface area is 193 Å². The van der Waals surface area contributed by atoms with Crippen LogP contribution in [-0.2, 0) is 11.2 Å². The number of carbonyl (C=O) groups excluding carboxylic acids is 1. The highest BCUT2D eigenvalue weighted by molar-refractivity contribution is 6.00. The van der Waals surface area contributed by atoms with Crippen LogP contribution < -0.4 is 5.48 Å². The molecule has 0 aliphatic heterocycles. The van der Waals surface area contributed by atoms with Crippen LogP contribution in [0.15, 0.2) is 83.3 Å². The fraction of sp³-hybridized carbons (Fsp3) is 0.207. The predicted molar refractivity (Wildman–Crippen MR) is 132 cm³/mol. The maximum Gasteiger partial charge on any atom is 0.256 e. The summed E-state index contributed by atoms with van der Waals surface area (Å²) in [7, 11) is 0. The summed E-state index contributed by atoms with van der Waals surface area (Å²) in [6, 6.07) is 16.4. The molecular weight excluding hydrogens is 408 g/mol. The Hall–Kier alpha value is -3.81. The van der Waals surface area contributed by atoms with Gasteiger partial charge >= 0.3 is 0 Å². The van der Waals surface area contributed by atoms with Crippen LogP contribution in [0.1, 0.15) is 48.6 Å². The molecule has 0 radical (unpaired) electrons. The number of nitrogens with one attached hydrogen (secondary N) is 2. The van der Waals surface area contributed by atoms with E-state index in [0.717, 1.165) is 46.1 Å². The number of aromatic nitrogens is 1. The molecule has 2 aromatic carbocycles. The minimum absolute atomic E-state index is 0.316. The van der Waals surface area contributed by atoms with Gasteiger partial charge in [-0.1, -0.05) is 67.8 Å². The number of H-pyrrole nitrogens is 1. The molecule has 1 atom stereocenters. The molecule has 164 valence electrons. The van der Waals surface area contributed by atoms with Crippen LogP contribution >= 0.6 is 0 Å². The lowest BCUT2D eigenvalue weighted by Gasteiger charge is -2.21. The number of aryl methyl sites for hydroxylation is 1. The zero-order valence-electron chi connectivity index (χ0n) is 18.8. The molecule has 0 saturated heterocycles. The van der Waals surface area contributed by atoms with Crippen molar-refractivity contribution in [1.82, 2.24) is 10.5 Å². The van der Waals surface area contributed by atoms with Gasteiger partial charge in [0.25, 0.3) is 5.91 Å². The molecule has 1 amide bonds. The summed E-state index contributed by atoms with van der Waals surface area (Å²) in [5, 5.41) is 10.6. The van der Waals surface area contributed by atoms with E-state index >= 15 is 0 Å². The molecule has 0 saturated carbocycles. The van der Waals surface area contributed by atoms with Crippen molar-refractivity contribution in [1.29, 1.82) is 0 Å². The third kappa shape index (κ3) is 3.82. The van der Waals surface area contributed by atoms with Crippen LogP contribution in [0.4, 0.5) is 0 Å². The van der Waals surface area contributed by atoms with Gasteiger partial charge in [-0.3, -0.25) is 10.0 Å². The topological polar surface area (TPSA) is 65.1 Å². The van der Waals surface area contributed by atoms with E-state index < -0.39 is 11.8 Å². The number of allylic oxidation sites excluding steroid dienone is 4. The molecule has 2 aliphatic carbocycles. The number of hydrogen-bond donors (Lipinski definition) is 3. The van der Waals surface area contributed by atoms with E-state index in [1.54, 1.807) is 0 Å². The maximum absolute atomic E-state index is 13.1. The number of fused-ring (bicyclic) bond motifs is 2. The van der Waals surface area contributed by atoms with Crippen molar-refractivity contribution in [3.05, 3.63) is 106 Å². The molecule has 4 nitrogen and oxygen atoms in total. The Morgan fingerprint density at radius 3 is 2.48 bits per heavy atom. The zero-order valence-corrected chi connectivity index (χ0v) is 18.8. The van der Waals surface area contributed by atoms with Gasteiger partial charge in [0.05, 0.1) is 0 Å². The minimum Gasteiger partial charge on any atom is -0.355 e. The van der Waals surface area contributed by atoms with Gasteiger partial charge in [0.1, 0.15) is 5.92 Å². The highest BCUT2D eigenvalue weighted by Gasteiger charge is 2.31. The quantitative estimate of drug-likeness (QED) is 0.259. The first-order valence-corrected chi connectivity index (χ1v) is 11.3. The fourth-order valence-electron chi connectivity index (χ4n) is 4.75. The minimum atomic E-state index is -0.725. The molecule has 4 heteroatoms. The molecule has 0 bridgehead atoms. The van der Waals surface area contributed by atoms with Gasteiger partial charge in [0, 0.05) is 33.3 Å². The van der Waals surface area contributed by atoms with Crippen LogP contribution in [0.2, 0.25) is 0 Å². The lowest BCUT2D eigenvalue weighted by Crippen LogP contribution is -2.28. The normalized spacial score (nSPS) is 15.7. The van der Waals surface area contributed by atoms with E-state index in [0.29, 0.717) is 11.5 Å². The van der Waals surface area contributed by atoms with Crippen LogP contribution in [0.25, 0.3) is 22.6 Å². The summed E-state index contributed by atoms with van der Waals surface area (Å²) < 4.78 is 0. The number of hydrogen-bond acceptors (Lipinski definition) is 2. The Morgan fingerprint density at radius 1 is 1.00 bits per heavy atom. The number of amides is 1. The van der Waals surface area contributed by atoms with Crippen LogP contribution in [0.5, 0.6) is 0 Å². The molecule has 2 aliphatic rings. The van der Waals surface area contributed by atoms with Crippen LogP contribution in [0, 0.1) is 5.92 Å². The number of benzene rings is 2. The first-order chi connectivity index (χ1) is 16.1. The number of carbonyl (C=O) groups is 1. The molecule has 3 aromatic rings. The van der Waals surface area contributed by atoms with Gasteiger partial charge in [0.2, 0.25) is 0 Å². The van der Waals surface area contributed by atoms with Crippen LogP contribution in [-0.4, -0.2) is 16.1 Å². The molecule has 1 unspecified atom stereocenters. The predicted octanol–water partition coefficient (Wildman–Crippen LogP) is 6.08. The lowest BCUT2D eigenvalue weighted by molar-refractivity contribution is -0.129. The molecule has 1 heterocycles. The molecule has 1 aromatic heterocycles. The SMILES string of the molecule is CC(C)C1=C=C=C(C(C(=O)NO)c2c(C3=Cc4ccccc4CC3)[nH]c3ccccc23)C=C1. The van der Waals surface area contributed by atoms with Crippen molar-refractivity contribution in [2.75, 3.05) is 0 Å². The molecule has 0 spiro atoms. The largest absolute Gasteiger partial charge is 0.355 e. The smallest absolute Gasteiger partial charge is 0.256 e. The second-order valence-electron chi connectivity index (χ2n) is 8.89. The summed E-state index contributed by atoms with van der Waals surface area (Å²) in [6.07, 6.45) is 7.92. The van der Waals surface area contributed by atoms with E-state index in [4.69, 9.17) is 0 Å². The van der Waals surface area contributed by atoms with E-state index in [2.05, 4.69) is 54.6 Å². The highest BCUT2D eigenvalue weighted by Crippen LogP contribution is 2.41. The van der Waals surface area contributed by atoms with E-state index in [1.165, 1.54) is 11.1 Å². The summed E-state index contributed by atoms with van der Waals surface area (Å²) in [5.41, 5.74) is 16.4. The fourth-order valence-corrected chi connectivity index (χ4v) is 4.75. The van der Waals surface area contributed by atoms with Crippen LogP contribution in [0.3, 0.4) is 0 Å². The number of hydroxylamine groups is 1. The maximum atomic E-state index is 13.1. The monoisotopic (exact) mass is 434 g/mol. The Kier molecular flexibility index (Phi) is 5.50. The van der Waals surface area contributed by atoms with E-state index in [-0.39, 0.29) is 0 Å². The molecule has 33 heavy (non-hydrogen) atoms. The van der Waals surface area contributed by atoms with Gasteiger partial charge < -0.3 is 4.98 Å². The van der Waals surface area contributed by atoms with Crippen molar-refractivity contribution in [3.8, 4) is 0 Å². The first kappa shape index (κ1) is 21.1. The second kappa shape index (κ2) is 8.61. The number of para-hydroxylation sites is 1. The van der Waals surface area contributed by atoms with Crippen molar-refractivity contribution in [3.63, 3.8) is 0 Å². The van der Waals surface area contributed by atoms with Crippen molar-refractivity contribution in [2.45, 2.75) is 32.6 Å². The third-order valence-corrected chi connectivity index (χ3v) is 6.50. The Morgan fingerprint density at radius 2 is 1.73 bits per heavy atom. The van der Waals surface area contributed by atoms with Gasteiger partial charge in [-0.15, -0.1) is 0 Å². The van der Waals surface area contributed by atoms with Crippen molar-refractivity contribution >= 4 is 28.5 Å². The average Bonchev–Trinajstić information content (AvgIpc) is 3.23. The van der Waals surface area contributed by atoms with Crippen molar-refractivity contribution in [2.24, 2.45) is 5.92 Å². The standard InChI is InChI=1S/C29H26N2O2/c1-18(2)19-11-14-21(15-12-19)26(29(32)31-33)27-24-9-5-6-10-25(24)30-28(27)23-16-13-20-7-3-4-8-22(20)17-23/h3-11,14,17-18,26,30,33H,13,16H2,1-2H3,(H,31,32). The summed E-state index contributed by atoms with van der Waals surface area (Å²) in [5.74, 6) is -0.895. The number of aromatic amines is 1. The lowest BCUT2D eigenvalue weighted by atomic mass is 9.83. The third-order valence-electron chi connectivity index (χ3n) is 6.50. The first-order valence-electron chi connectivity index (χ1n) is 11.3. The van der Waals surface area contributed by atoms with Gasteiger partial charge in [-0.05, 0) is 59.8 Å². The second-order valence-corrected chi connectivity index (χ2v) is 8.89. The average molecular weight is 435 g/mol. The summed E-state index contributed by atoms with van der Waals surface area (Å²) in [6.45, 7) is 4.20. The summed E-state index contributed by atoms with van der Waals surface area (Å²) in [4.78, 5) is 16.6. The van der Waals surface area contributed by atoms with E-state index in [1.807, 2.05) is 48.0 Å². The van der Waals surface area contributed by atoms with Gasteiger partial charge in [-0.25, -0.2) is 5.48 Å². The Balaban J connectivity index is 1.75.